The highest BCUT2D eigenvalue weighted by atomic mass is 16.5. The van der Waals surface area contributed by atoms with Crippen molar-refractivity contribution in [3.8, 4) is 0 Å². The summed E-state index contributed by atoms with van der Waals surface area (Å²) in [6.45, 7) is 5.49. The molecule has 92 valence electrons. The van der Waals surface area contributed by atoms with E-state index in [1.807, 2.05) is 11.6 Å². The SMILES string of the molecule is CCCCCn1nnc(CN)c1C(C)OC. The van der Waals surface area contributed by atoms with Crippen molar-refractivity contribution >= 4 is 0 Å². The Labute approximate surface area is 97.0 Å². The Morgan fingerprint density at radius 3 is 2.75 bits per heavy atom. The first kappa shape index (κ1) is 13.1. The van der Waals surface area contributed by atoms with Crippen molar-refractivity contribution in [1.29, 1.82) is 0 Å². The fourth-order valence-corrected chi connectivity index (χ4v) is 1.73. The zero-order chi connectivity index (χ0) is 12.0. The van der Waals surface area contributed by atoms with Gasteiger partial charge in [0.2, 0.25) is 0 Å². The van der Waals surface area contributed by atoms with Gasteiger partial charge in [0.15, 0.2) is 0 Å². The summed E-state index contributed by atoms with van der Waals surface area (Å²) in [6.07, 6.45) is 3.52. The zero-order valence-electron chi connectivity index (χ0n) is 10.4. The van der Waals surface area contributed by atoms with E-state index in [1.54, 1.807) is 7.11 Å². The third kappa shape index (κ3) is 3.02. The number of aryl methyl sites for hydroxylation is 1. The van der Waals surface area contributed by atoms with Gasteiger partial charge in [0.25, 0.3) is 0 Å². The standard InChI is InChI=1S/C11H22N4O/c1-4-5-6-7-15-11(9(2)16-3)10(8-12)13-14-15/h9H,4-8,12H2,1-3H3. The molecule has 1 atom stereocenters. The molecule has 0 aliphatic carbocycles. The molecule has 0 fully saturated rings. The molecule has 0 spiro atoms. The summed E-state index contributed by atoms with van der Waals surface area (Å²) in [5.41, 5.74) is 7.49. The van der Waals surface area contributed by atoms with Gasteiger partial charge in [0.1, 0.15) is 5.69 Å². The topological polar surface area (TPSA) is 66.0 Å². The highest BCUT2D eigenvalue weighted by Crippen LogP contribution is 2.19. The summed E-state index contributed by atoms with van der Waals surface area (Å²) < 4.78 is 7.25. The van der Waals surface area contributed by atoms with E-state index in [4.69, 9.17) is 10.5 Å². The molecule has 0 amide bonds. The Bertz CT molecular complexity index is 311. The van der Waals surface area contributed by atoms with Crippen molar-refractivity contribution in [2.24, 2.45) is 5.73 Å². The van der Waals surface area contributed by atoms with E-state index in [0.717, 1.165) is 24.4 Å². The minimum absolute atomic E-state index is 0.00447. The van der Waals surface area contributed by atoms with Crippen molar-refractivity contribution in [3.05, 3.63) is 11.4 Å². The largest absolute Gasteiger partial charge is 0.375 e. The van der Waals surface area contributed by atoms with E-state index in [-0.39, 0.29) is 6.10 Å². The highest BCUT2D eigenvalue weighted by Gasteiger charge is 2.17. The molecule has 0 saturated heterocycles. The van der Waals surface area contributed by atoms with Crippen molar-refractivity contribution in [3.63, 3.8) is 0 Å². The molecule has 5 nitrogen and oxygen atoms in total. The monoisotopic (exact) mass is 226 g/mol. The molecule has 2 N–H and O–H groups in total. The minimum Gasteiger partial charge on any atom is -0.375 e. The lowest BCUT2D eigenvalue weighted by atomic mass is 10.2. The van der Waals surface area contributed by atoms with Crippen LogP contribution in [0.2, 0.25) is 0 Å². The first-order valence-electron chi connectivity index (χ1n) is 5.89. The number of aromatic nitrogens is 3. The Hall–Kier alpha value is -0.940. The molecule has 16 heavy (non-hydrogen) atoms. The van der Waals surface area contributed by atoms with Crippen LogP contribution in [0.15, 0.2) is 0 Å². The molecule has 1 heterocycles. The number of unbranched alkanes of at least 4 members (excludes halogenated alkanes) is 2. The molecule has 0 radical (unpaired) electrons. The van der Waals surface area contributed by atoms with Gasteiger partial charge in [-0.3, -0.25) is 0 Å². The molecular weight excluding hydrogens is 204 g/mol. The third-order valence-corrected chi connectivity index (χ3v) is 2.75. The molecule has 0 bridgehead atoms. The van der Waals surface area contributed by atoms with E-state index in [0.29, 0.717) is 6.54 Å². The fraction of sp³-hybridized carbons (Fsp3) is 0.818. The van der Waals surface area contributed by atoms with Crippen LogP contribution in [0.3, 0.4) is 0 Å². The number of methoxy groups -OCH3 is 1. The van der Waals surface area contributed by atoms with Crippen molar-refractivity contribution in [1.82, 2.24) is 15.0 Å². The summed E-state index contributed by atoms with van der Waals surface area (Å²) in [4.78, 5) is 0. The van der Waals surface area contributed by atoms with Crippen molar-refractivity contribution < 1.29 is 4.74 Å². The number of nitrogens with zero attached hydrogens (tertiary/aromatic N) is 3. The smallest absolute Gasteiger partial charge is 0.102 e. The van der Waals surface area contributed by atoms with E-state index < -0.39 is 0 Å². The lowest BCUT2D eigenvalue weighted by Gasteiger charge is -2.13. The molecule has 1 unspecified atom stereocenters. The maximum Gasteiger partial charge on any atom is 0.102 e. The number of rotatable bonds is 7. The van der Waals surface area contributed by atoms with Gasteiger partial charge in [-0.2, -0.15) is 0 Å². The number of hydrogen-bond acceptors (Lipinski definition) is 4. The first-order valence-corrected chi connectivity index (χ1v) is 5.89. The van der Waals surface area contributed by atoms with Gasteiger partial charge < -0.3 is 10.5 Å². The molecule has 1 aromatic rings. The molecule has 0 aromatic carbocycles. The molecular formula is C11H22N4O. The maximum atomic E-state index is 5.64. The quantitative estimate of drug-likeness (QED) is 0.718. The van der Waals surface area contributed by atoms with Gasteiger partial charge in [0.05, 0.1) is 11.8 Å². The molecule has 0 saturated carbocycles. The van der Waals surface area contributed by atoms with Crippen LogP contribution in [0.25, 0.3) is 0 Å². The molecule has 5 heteroatoms. The van der Waals surface area contributed by atoms with Crippen LogP contribution < -0.4 is 5.73 Å². The summed E-state index contributed by atoms with van der Waals surface area (Å²) in [5, 5.41) is 8.22. The van der Waals surface area contributed by atoms with Gasteiger partial charge in [-0.1, -0.05) is 25.0 Å². The average molecular weight is 226 g/mol. The lowest BCUT2D eigenvalue weighted by Crippen LogP contribution is -2.12. The maximum absolute atomic E-state index is 5.64. The predicted octanol–water partition coefficient (Wildman–Crippen LogP) is 1.63. The van der Waals surface area contributed by atoms with Crippen LogP contribution in [0, 0.1) is 0 Å². The normalized spacial score (nSPS) is 13.0. The van der Waals surface area contributed by atoms with Crippen LogP contribution in [-0.4, -0.2) is 22.1 Å². The molecule has 1 rings (SSSR count). The van der Waals surface area contributed by atoms with E-state index >= 15 is 0 Å². The summed E-state index contributed by atoms with van der Waals surface area (Å²) in [7, 11) is 1.69. The van der Waals surface area contributed by atoms with Gasteiger partial charge >= 0.3 is 0 Å². The summed E-state index contributed by atoms with van der Waals surface area (Å²) >= 11 is 0. The van der Waals surface area contributed by atoms with Gasteiger partial charge in [0, 0.05) is 20.2 Å². The Morgan fingerprint density at radius 1 is 1.44 bits per heavy atom. The van der Waals surface area contributed by atoms with Crippen molar-refractivity contribution in [2.75, 3.05) is 7.11 Å². The Kier molecular flexibility index (Phi) is 5.42. The Morgan fingerprint density at radius 2 is 2.19 bits per heavy atom. The highest BCUT2D eigenvalue weighted by molar-refractivity contribution is 5.12. The van der Waals surface area contributed by atoms with E-state index in [2.05, 4.69) is 17.2 Å². The van der Waals surface area contributed by atoms with Gasteiger partial charge in [-0.15, -0.1) is 5.10 Å². The third-order valence-electron chi connectivity index (χ3n) is 2.75. The lowest BCUT2D eigenvalue weighted by molar-refractivity contribution is 0.110. The number of nitrogens with two attached hydrogens (primary N) is 1. The van der Waals surface area contributed by atoms with Crippen LogP contribution in [0.4, 0.5) is 0 Å². The van der Waals surface area contributed by atoms with Crippen LogP contribution in [-0.2, 0) is 17.8 Å². The summed E-state index contributed by atoms with van der Waals surface area (Å²) in [6, 6.07) is 0. The van der Waals surface area contributed by atoms with E-state index in [9.17, 15) is 0 Å². The Balaban J connectivity index is 2.78. The second kappa shape index (κ2) is 6.60. The fourth-order valence-electron chi connectivity index (χ4n) is 1.73. The molecule has 0 aliphatic heterocycles. The van der Waals surface area contributed by atoms with Gasteiger partial charge in [-0.25, -0.2) is 4.68 Å². The van der Waals surface area contributed by atoms with E-state index in [1.165, 1.54) is 12.8 Å². The first-order chi connectivity index (χ1) is 7.74. The minimum atomic E-state index is -0.00447. The zero-order valence-corrected chi connectivity index (χ0v) is 10.4. The van der Waals surface area contributed by atoms with Gasteiger partial charge in [-0.05, 0) is 13.3 Å². The van der Waals surface area contributed by atoms with Crippen LogP contribution in [0.1, 0.15) is 50.6 Å². The number of ether oxygens (including phenoxy) is 1. The second-order valence-electron chi connectivity index (χ2n) is 3.93. The predicted molar refractivity (Wildman–Crippen MR) is 62.9 cm³/mol. The molecule has 1 aromatic heterocycles. The second-order valence-corrected chi connectivity index (χ2v) is 3.93. The molecule has 0 aliphatic rings. The summed E-state index contributed by atoms with van der Waals surface area (Å²) in [5.74, 6) is 0. The van der Waals surface area contributed by atoms with Crippen LogP contribution >= 0.6 is 0 Å². The number of hydrogen-bond donors (Lipinski definition) is 1. The van der Waals surface area contributed by atoms with Crippen molar-refractivity contribution in [2.45, 2.75) is 52.3 Å². The van der Waals surface area contributed by atoms with Crippen LogP contribution in [0.5, 0.6) is 0 Å². The average Bonchev–Trinajstić information content (AvgIpc) is 2.71.